The molecule has 0 aromatic heterocycles. The molecule has 0 unspecified atom stereocenters. The van der Waals surface area contributed by atoms with Gasteiger partial charge >= 0.3 is 0 Å². The average molecular weight is 240 g/mol. The molecule has 0 saturated heterocycles. The first-order valence-electron chi connectivity index (χ1n) is 4.45. The van der Waals surface area contributed by atoms with E-state index in [0.717, 1.165) is 11.1 Å². The van der Waals surface area contributed by atoms with E-state index in [0.29, 0.717) is 16.7 Å². The number of halogens is 1. The van der Waals surface area contributed by atoms with E-state index in [2.05, 4.69) is 5.32 Å². The molecule has 0 saturated carbocycles. The number of hydrogen-bond acceptors (Lipinski definition) is 3. The summed E-state index contributed by atoms with van der Waals surface area (Å²) in [5.41, 5.74) is 1.75. The Morgan fingerprint density at radius 2 is 2.13 bits per heavy atom. The maximum Gasteiger partial charge on any atom is 0.110 e. The van der Waals surface area contributed by atoms with Gasteiger partial charge in [0.1, 0.15) is 11.7 Å². The van der Waals surface area contributed by atoms with Crippen molar-refractivity contribution in [2.24, 2.45) is 5.84 Å². The first kappa shape index (κ1) is 10.4. The van der Waals surface area contributed by atoms with Crippen LogP contribution in [-0.2, 0) is 0 Å². The fourth-order valence-corrected chi connectivity index (χ4v) is 1.86. The van der Waals surface area contributed by atoms with Crippen LogP contribution in [0.15, 0.2) is 30.5 Å². The van der Waals surface area contributed by atoms with Gasteiger partial charge < -0.3 is 5.32 Å². The Morgan fingerprint density at radius 1 is 1.40 bits per heavy atom. The molecule has 0 radical (unpaired) electrons. The van der Waals surface area contributed by atoms with Crippen molar-refractivity contribution in [3.05, 3.63) is 41.1 Å². The van der Waals surface area contributed by atoms with E-state index in [-0.39, 0.29) is 0 Å². The number of hydrazine groups is 1. The maximum atomic E-state index is 6.08. The lowest BCUT2D eigenvalue weighted by Crippen LogP contribution is -2.42. The predicted octanol–water partition coefficient (Wildman–Crippen LogP) is 1.74. The van der Waals surface area contributed by atoms with E-state index in [4.69, 9.17) is 29.7 Å². The van der Waals surface area contributed by atoms with Crippen LogP contribution in [0.4, 0.5) is 0 Å². The fraction of sp³-hybridized carbons (Fsp3) is 0.100. The molecule has 0 bridgehead atoms. The van der Waals surface area contributed by atoms with Crippen LogP contribution >= 0.6 is 23.8 Å². The monoisotopic (exact) mass is 239 g/mol. The van der Waals surface area contributed by atoms with E-state index in [1.54, 1.807) is 6.20 Å². The highest BCUT2D eigenvalue weighted by Crippen LogP contribution is 2.25. The molecule has 2 rings (SSSR count). The minimum Gasteiger partial charge on any atom is -0.357 e. The van der Waals surface area contributed by atoms with Gasteiger partial charge in [0, 0.05) is 22.4 Å². The summed E-state index contributed by atoms with van der Waals surface area (Å²) in [5, 5.41) is 5.22. The largest absolute Gasteiger partial charge is 0.357 e. The molecule has 1 aliphatic heterocycles. The molecule has 0 amide bonds. The van der Waals surface area contributed by atoms with Gasteiger partial charge in [-0.05, 0) is 6.07 Å². The van der Waals surface area contributed by atoms with Gasteiger partial charge in [0.2, 0.25) is 0 Å². The Kier molecular flexibility index (Phi) is 2.90. The van der Waals surface area contributed by atoms with Gasteiger partial charge in [-0.3, -0.25) is 5.01 Å². The molecular weight excluding hydrogens is 230 g/mol. The summed E-state index contributed by atoms with van der Waals surface area (Å²) in [5.74, 6) is 5.67. The highest BCUT2D eigenvalue weighted by Gasteiger charge is 2.15. The molecule has 78 valence electrons. The van der Waals surface area contributed by atoms with E-state index in [9.17, 15) is 0 Å². The van der Waals surface area contributed by atoms with Crippen LogP contribution in [0, 0.1) is 0 Å². The van der Waals surface area contributed by atoms with Gasteiger partial charge in [-0.15, -0.1) is 0 Å². The van der Waals surface area contributed by atoms with Crippen molar-refractivity contribution in [3.63, 3.8) is 0 Å². The number of thiocarbonyl (C=S) groups is 1. The van der Waals surface area contributed by atoms with E-state index in [1.807, 2.05) is 24.3 Å². The van der Waals surface area contributed by atoms with Gasteiger partial charge in [-0.1, -0.05) is 42.0 Å². The summed E-state index contributed by atoms with van der Waals surface area (Å²) in [6, 6.07) is 7.54. The lowest BCUT2D eigenvalue weighted by Gasteiger charge is -2.24. The molecule has 15 heavy (non-hydrogen) atoms. The lowest BCUT2D eigenvalue weighted by atomic mass is 10.1. The van der Waals surface area contributed by atoms with Gasteiger partial charge in [0.25, 0.3) is 0 Å². The second kappa shape index (κ2) is 4.18. The number of nitrogens with two attached hydrogens (primary N) is 1. The number of benzene rings is 1. The number of rotatable bonds is 1. The smallest absolute Gasteiger partial charge is 0.110 e. The van der Waals surface area contributed by atoms with Crippen molar-refractivity contribution >= 4 is 34.4 Å². The Labute approximate surface area is 98.5 Å². The van der Waals surface area contributed by atoms with Crippen molar-refractivity contribution in [3.8, 4) is 0 Å². The third-order valence-electron chi connectivity index (χ3n) is 2.13. The average Bonchev–Trinajstić information content (AvgIpc) is 2.23. The number of nitrogens with zero attached hydrogens (tertiary/aromatic N) is 1. The topological polar surface area (TPSA) is 41.3 Å². The zero-order valence-electron chi connectivity index (χ0n) is 7.90. The molecule has 1 aliphatic rings. The normalized spacial score (nSPS) is 16.0. The molecular formula is C10H10ClN3S. The summed E-state index contributed by atoms with van der Waals surface area (Å²) in [6.07, 6.45) is 1.79. The summed E-state index contributed by atoms with van der Waals surface area (Å²) >= 11 is 11.3. The zero-order chi connectivity index (χ0) is 10.8. The second-order valence-electron chi connectivity index (χ2n) is 3.20. The van der Waals surface area contributed by atoms with Gasteiger partial charge in [-0.25, -0.2) is 5.84 Å². The summed E-state index contributed by atoms with van der Waals surface area (Å²) in [6.45, 7) is 0.521. The zero-order valence-corrected chi connectivity index (χ0v) is 9.48. The van der Waals surface area contributed by atoms with E-state index >= 15 is 0 Å². The molecule has 1 aromatic rings. The second-order valence-corrected chi connectivity index (χ2v) is 4.02. The Balaban J connectivity index is 2.46. The predicted molar refractivity (Wildman–Crippen MR) is 66.1 cm³/mol. The van der Waals surface area contributed by atoms with Crippen molar-refractivity contribution in [2.45, 2.75) is 0 Å². The highest BCUT2D eigenvalue weighted by atomic mass is 35.5. The minimum absolute atomic E-state index is 0.521. The molecule has 0 aliphatic carbocycles. The molecule has 3 N–H and O–H groups in total. The summed E-state index contributed by atoms with van der Waals surface area (Å²) in [7, 11) is 0. The van der Waals surface area contributed by atoms with Crippen LogP contribution in [0.2, 0.25) is 5.02 Å². The highest BCUT2D eigenvalue weighted by molar-refractivity contribution is 7.81. The third-order valence-corrected chi connectivity index (χ3v) is 2.82. The van der Waals surface area contributed by atoms with Crippen molar-refractivity contribution in [2.75, 3.05) is 6.67 Å². The van der Waals surface area contributed by atoms with Crippen molar-refractivity contribution < 1.29 is 0 Å². The molecule has 0 spiro atoms. The quantitative estimate of drug-likeness (QED) is 0.579. The third kappa shape index (κ3) is 2.12. The lowest BCUT2D eigenvalue weighted by molar-refractivity contribution is 0.382. The van der Waals surface area contributed by atoms with Crippen molar-refractivity contribution in [1.29, 1.82) is 0 Å². The SMILES string of the molecule is NN1C=C(c2ccccc2Cl)C(=S)NC1. The van der Waals surface area contributed by atoms with Gasteiger partial charge in [-0.2, -0.15) is 0 Å². The molecule has 5 heteroatoms. The maximum absolute atomic E-state index is 6.08. The van der Waals surface area contributed by atoms with Crippen LogP contribution in [0.5, 0.6) is 0 Å². The fourth-order valence-electron chi connectivity index (χ4n) is 1.40. The number of hydrogen-bond donors (Lipinski definition) is 2. The minimum atomic E-state index is 0.521. The van der Waals surface area contributed by atoms with Crippen LogP contribution < -0.4 is 11.2 Å². The molecule has 0 atom stereocenters. The molecule has 0 fully saturated rings. The Morgan fingerprint density at radius 3 is 2.87 bits per heavy atom. The van der Waals surface area contributed by atoms with E-state index < -0.39 is 0 Å². The van der Waals surface area contributed by atoms with Crippen LogP contribution in [0.1, 0.15) is 5.56 Å². The first-order chi connectivity index (χ1) is 7.18. The summed E-state index contributed by atoms with van der Waals surface area (Å²) < 4.78 is 0. The first-order valence-corrected chi connectivity index (χ1v) is 5.23. The van der Waals surface area contributed by atoms with Gasteiger partial charge in [0.05, 0.1) is 0 Å². The van der Waals surface area contributed by atoms with E-state index in [1.165, 1.54) is 5.01 Å². The standard InChI is InChI=1S/C10H10ClN3S/c11-9-4-2-1-3-7(9)8-5-14(12)6-13-10(8)15/h1-5H,6,12H2,(H,13,15). The summed E-state index contributed by atoms with van der Waals surface area (Å²) in [4.78, 5) is 0.671. The van der Waals surface area contributed by atoms with Crippen molar-refractivity contribution in [1.82, 2.24) is 10.3 Å². The van der Waals surface area contributed by atoms with Crippen LogP contribution in [-0.4, -0.2) is 16.7 Å². The number of nitrogens with one attached hydrogen (secondary N) is 1. The Hall–Kier alpha value is -1.10. The van der Waals surface area contributed by atoms with Gasteiger partial charge in [0.15, 0.2) is 0 Å². The molecule has 3 nitrogen and oxygen atoms in total. The Bertz CT molecular complexity index is 430. The molecule has 1 heterocycles. The van der Waals surface area contributed by atoms with Crippen LogP contribution in [0.25, 0.3) is 5.57 Å². The van der Waals surface area contributed by atoms with Crippen LogP contribution in [0.3, 0.4) is 0 Å². The molecule has 1 aromatic carbocycles.